The molecule has 2 atom stereocenters. The monoisotopic (exact) mass is 245 g/mol. The molecule has 0 spiro atoms. The second-order valence-corrected chi connectivity index (χ2v) is 10.6. The van der Waals surface area contributed by atoms with Gasteiger partial charge in [0.05, 0.1) is 13.2 Å². The third kappa shape index (κ3) is 3.05. The number of carbonyl (C=O) groups is 1. The van der Waals surface area contributed by atoms with Crippen molar-refractivity contribution < 1.29 is 14.0 Å². The summed E-state index contributed by atoms with van der Waals surface area (Å²) in [6.45, 7) is 11.6. The summed E-state index contributed by atoms with van der Waals surface area (Å²) in [5.74, 6) is -0.264. The highest BCUT2D eigenvalue weighted by Gasteiger charge is 2.46. The van der Waals surface area contributed by atoms with Crippen LogP contribution < -0.4 is 5.32 Å². The van der Waals surface area contributed by atoms with Crippen molar-refractivity contribution in [3.8, 4) is 0 Å². The Morgan fingerprint density at radius 2 is 1.94 bits per heavy atom. The van der Waals surface area contributed by atoms with Gasteiger partial charge in [-0.25, -0.2) is 4.79 Å². The third-order valence-electron chi connectivity index (χ3n) is 3.47. The molecule has 0 radical (unpaired) electrons. The maximum Gasteiger partial charge on any atom is 0.335 e. The van der Waals surface area contributed by atoms with Crippen LogP contribution in [0.1, 0.15) is 20.8 Å². The molecule has 1 heterocycles. The average Bonchev–Trinajstić information content (AvgIpc) is 2.94. The predicted octanol–water partition coefficient (Wildman–Crippen LogP) is 1.52. The molecular formula is C11H23NO3Si. The number of esters is 1. The lowest BCUT2D eigenvalue weighted by Gasteiger charge is -2.38. The van der Waals surface area contributed by atoms with Gasteiger partial charge in [0.2, 0.25) is 0 Å². The topological polar surface area (TPSA) is 57.5 Å². The lowest BCUT2D eigenvalue weighted by molar-refractivity contribution is -0.149. The van der Waals surface area contributed by atoms with E-state index in [4.69, 9.17) is 9.16 Å². The molecule has 1 rings (SSSR count). The number of methoxy groups -OCH3 is 1. The molecule has 0 aliphatic carbocycles. The third-order valence-corrected chi connectivity index (χ3v) is 7.92. The lowest BCUT2D eigenvalue weighted by Crippen LogP contribution is -2.48. The first-order valence-electron chi connectivity index (χ1n) is 5.68. The molecule has 0 saturated carbocycles. The molecule has 1 unspecified atom stereocenters. The molecule has 1 fully saturated rings. The van der Waals surface area contributed by atoms with Crippen LogP contribution in [0.4, 0.5) is 0 Å². The highest BCUT2D eigenvalue weighted by Crippen LogP contribution is 2.38. The van der Waals surface area contributed by atoms with E-state index in [0.717, 1.165) is 6.54 Å². The molecule has 16 heavy (non-hydrogen) atoms. The van der Waals surface area contributed by atoms with E-state index in [1.54, 1.807) is 0 Å². The van der Waals surface area contributed by atoms with Crippen LogP contribution in [0.5, 0.6) is 0 Å². The minimum absolute atomic E-state index is 0.105. The van der Waals surface area contributed by atoms with E-state index in [0.29, 0.717) is 0 Å². The highest BCUT2D eigenvalue weighted by atomic mass is 28.4. The standard InChI is InChI=1S/C11H23NO3Si/c1-11(2,3)16(5,6)15-9(8-7-12-8)10(13)14-4/h8-9,12H,7H2,1-6H3/t8?,9-/m0/s1. The van der Waals surface area contributed by atoms with Gasteiger partial charge < -0.3 is 14.5 Å². The highest BCUT2D eigenvalue weighted by molar-refractivity contribution is 6.74. The van der Waals surface area contributed by atoms with Gasteiger partial charge in [-0.2, -0.15) is 0 Å². The summed E-state index contributed by atoms with van der Waals surface area (Å²) in [6, 6.07) is 0.140. The Hall–Kier alpha value is -0.393. The van der Waals surface area contributed by atoms with Gasteiger partial charge in [-0.1, -0.05) is 20.8 Å². The van der Waals surface area contributed by atoms with Crippen LogP contribution in [0, 0.1) is 0 Å². The zero-order valence-electron chi connectivity index (χ0n) is 11.1. The quantitative estimate of drug-likeness (QED) is 0.463. The van der Waals surface area contributed by atoms with Crippen LogP contribution in [-0.2, 0) is 14.0 Å². The Kier molecular flexibility index (Phi) is 3.82. The van der Waals surface area contributed by atoms with E-state index in [9.17, 15) is 4.79 Å². The second kappa shape index (κ2) is 4.47. The van der Waals surface area contributed by atoms with E-state index in [1.807, 2.05) is 0 Å². The Bertz CT molecular complexity index is 269. The fourth-order valence-electron chi connectivity index (χ4n) is 1.19. The van der Waals surface area contributed by atoms with Crippen molar-refractivity contribution in [3.05, 3.63) is 0 Å². The second-order valence-electron chi connectivity index (χ2n) is 5.84. The van der Waals surface area contributed by atoms with Gasteiger partial charge in [-0.05, 0) is 18.1 Å². The zero-order chi connectivity index (χ0) is 12.6. The summed E-state index contributed by atoms with van der Waals surface area (Å²) in [5.41, 5.74) is 0. The summed E-state index contributed by atoms with van der Waals surface area (Å²) >= 11 is 0. The van der Waals surface area contributed by atoms with Crippen LogP contribution in [0.3, 0.4) is 0 Å². The minimum Gasteiger partial charge on any atom is -0.467 e. The van der Waals surface area contributed by atoms with Crippen molar-refractivity contribution >= 4 is 14.3 Å². The van der Waals surface area contributed by atoms with Crippen molar-refractivity contribution in [3.63, 3.8) is 0 Å². The summed E-state index contributed by atoms with van der Waals surface area (Å²) in [6.07, 6.45) is -0.439. The smallest absolute Gasteiger partial charge is 0.335 e. The van der Waals surface area contributed by atoms with E-state index in [-0.39, 0.29) is 17.0 Å². The summed E-state index contributed by atoms with van der Waals surface area (Å²) < 4.78 is 10.9. The average molecular weight is 245 g/mol. The van der Waals surface area contributed by atoms with E-state index in [1.165, 1.54) is 7.11 Å². The molecule has 1 saturated heterocycles. The van der Waals surface area contributed by atoms with Crippen LogP contribution in [-0.4, -0.2) is 40.1 Å². The fraction of sp³-hybridized carbons (Fsp3) is 0.909. The van der Waals surface area contributed by atoms with Crippen molar-refractivity contribution in [2.24, 2.45) is 0 Å². The first-order valence-corrected chi connectivity index (χ1v) is 8.59. The molecule has 0 amide bonds. The molecular weight excluding hydrogens is 222 g/mol. The van der Waals surface area contributed by atoms with Gasteiger partial charge in [0.15, 0.2) is 14.4 Å². The van der Waals surface area contributed by atoms with Crippen LogP contribution in [0.15, 0.2) is 0 Å². The maximum absolute atomic E-state index is 11.6. The number of nitrogens with one attached hydrogen (secondary N) is 1. The van der Waals surface area contributed by atoms with Crippen molar-refractivity contribution in [2.45, 2.75) is 51.0 Å². The van der Waals surface area contributed by atoms with Crippen molar-refractivity contribution in [2.75, 3.05) is 13.7 Å². The van der Waals surface area contributed by atoms with Crippen molar-refractivity contribution in [1.29, 1.82) is 0 Å². The van der Waals surface area contributed by atoms with E-state index in [2.05, 4.69) is 39.2 Å². The van der Waals surface area contributed by atoms with Crippen LogP contribution in [0.2, 0.25) is 18.1 Å². The zero-order valence-corrected chi connectivity index (χ0v) is 12.1. The molecule has 0 aromatic heterocycles. The van der Waals surface area contributed by atoms with Gasteiger partial charge in [0.25, 0.3) is 0 Å². The number of rotatable bonds is 4. The molecule has 94 valence electrons. The molecule has 1 N–H and O–H groups in total. The molecule has 0 bridgehead atoms. The summed E-state index contributed by atoms with van der Waals surface area (Å²) in [7, 11) is -0.501. The predicted molar refractivity (Wildman–Crippen MR) is 65.9 cm³/mol. The number of hydrogen-bond donors (Lipinski definition) is 1. The Balaban J connectivity index is 2.71. The largest absolute Gasteiger partial charge is 0.467 e. The normalized spacial score (nSPS) is 22.8. The molecule has 1 aliphatic heterocycles. The van der Waals surface area contributed by atoms with Gasteiger partial charge in [-0.15, -0.1) is 0 Å². The summed E-state index contributed by atoms with van der Waals surface area (Å²) in [5, 5.41) is 3.23. The van der Waals surface area contributed by atoms with Gasteiger partial charge >= 0.3 is 5.97 Å². The molecule has 1 aliphatic rings. The summed E-state index contributed by atoms with van der Waals surface area (Å²) in [4.78, 5) is 11.6. The van der Waals surface area contributed by atoms with Gasteiger partial charge in [-0.3, -0.25) is 0 Å². The lowest BCUT2D eigenvalue weighted by atomic mass is 10.2. The van der Waals surface area contributed by atoms with Crippen molar-refractivity contribution in [1.82, 2.24) is 5.32 Å². The number of carbonyl (C=O) groups excluding carboxylic acids is 1. The Morgan fingerprint density at radius 3 is 2.25 bits per heavy atom. The molecule has 0 aromatic carbocycles. The first-order chi connectivity index (χ1) is 7.19. The first kappa shape index (κ1) is 13.7. The van der Waals surface area contributed by atoms with Crippen LogP contribution in [0.25, 0.3) is 0 Å². The minimum atomic E-state index is -1.91. The van der Waals surface area contributed by atoms with E-state index >= 15 is 0 Å². The molecule has 4 nitrogen and oxygen atoms in total. The van der Waals surface area contributed by atoms with Gasteiger partial charge in [0.1, 0.15) is 0 Å². The Morgan fingerprint density at radius 1 is 1.44 bits per heavy atom. The number of ether oxygens (including phenoxy) is 1. The van der Waals surface area contributed by atoms with Crippen LogP contribution >= 0.6 is 0 Å². The fourth-order valence-corrected chi connectivity index (χ4v) is 2.44. The van der Waals surface area contributed by atoms with Gasteiger partial charge in [0, 0.05) is 6.54 Å². The Labute approximate surface area is 98.8 Å². The van der Waals surface area contributed by atoms with E-state index < -0.39 is 14.4 Å². The number of hydrogen-bond acceptors (Lipinski definition) is 4. The SMILES string of the molecule is COC(=O)[C@@H](O[Si](C)(C)C(C)(C)C)C1CN1. The maximum atomic E-state index is 11.6. The molecule has 5 heteroatoms. The molecule has 0 aromatic rings.